The van der Waals surface area contributed by atoms with E-state index in [1.807, 2.05) is 25.1 Å². The molecule has 0 unspecified atom stereocenters. The van der Waals surface area contributed by atoms with E-state index in [2.05, 4.69) is 77.7 Å². The minimum absolute atomic E-state index is 0.181. The molecule has 168 valence electrons. The maximum Gasteiger partial charge on any atom is 0.240 e. The van der Waals surface area contributed by atoms with Gasteiger partial charge in [-0.05, 0) is 62.6 Å². The number of fused-ring (bicyclic) bond motifs is 3. The predicted octanol–water partition coefficient (Wildman–Crippen LogP) is 5.65. The van der Waals surface area contributed by atoms with Crippen LogP contribution < -0.4 is 4.72 Å². The van der Waals surface area contributed by atoms with Gasteiger partial charge in [-0.3, -0.25) is 0 Å². The van der Waals surface area contributed by atoms with Crippen LogP contribution >= 0.6 is 0 Å². The minimum Gasteiger partial charge on any atom is -0.331 e. The second kappa shape index (κ2) is 8.01. The highest BCUT2D eigenvalue weighted by Gasteiger charge is 2.34. The summed E-state index contributed by atoms with van der Waals surface area (Å²) in [4.78, 5) is 0.297. The van der Waals surface area contributed by atoms with Crippen molar-refractivity contribution in [1.82, 2.24) is 9.29 Å². The molecule has 4 nitrogen and oxygen atoms in total. The van der Waals surface area contributed by atoms with Gasteiger partial charge in [0.05, 0.1) is 16.1 Å². The Morgan fingerprint density at radius 3 is 2.27 bits per heavy atom. The number of nitrogens with zero attached hydrogens (tertiary/aromatic N) is 1. The van der Waals surface area contributed by atoms with Gasteiger partial charge in [-0.15, -0.1) is 0 Å². The lowest BCUT2D eigenvalue weighted by atomic mass is 9.95. The highest BCUT2D eigenvalue weighted by molar-refractivity contribution is 7.89. The second-order valence-corrected chi connectivity index (χ2v) is 11.0. The van der Waals surface area contributed by atoms with Crippen LogP contribution in [0.1, 0.15) is 36.2 Å². The fraction of sp³-hybridized carbons (Fsp3) is 0.214. The van der Waals surface area contributed by atoms with Crippen molar-refractivity contribution in [1.29, 1.82) is 0 Å². The average molecular weight is 457 g/mol. The zero-order valence-corrected chi connectivity index (χ0v) is 20.0. The lowest BCUT2D eigenvalue weighted by Crippen LogP contribution is -2.26. The molecule has 0 radical (unpaired) electrons. The highest BCUT2D eigenvalue weighted by atomic mass is 32.2. The molecule has 0 atom stereocenters. The van der Waals surface area contributed by atoms with Gasteiger partial charge in [0.1, 0.15) is 0 Å². The molecule has 1 aliphatic heterocycles. The topological polar surface area (TPSA) is 51.1 Å². The van der Waals surface area contributed by atoms with Gasteiger partial charge in [0, 0.05) is 23.0 Å². The second-order valence-electron chi connectivity index (χ2n) is 9.22. The van der Waals surface area contributed by atoms with E-state index in [0.29, 0.717) is 17.9 Å². The summed E-state index contributed by atoms with van der Waals surface area (Å²) in [5.41, 5.74) is 6.77. The minimum atomic E-state index is -3.56. The van der Waals surface area contributed by atoms with E-state index in [1.165, 1.54) is 33.3 Å². The van der Waals surface area contributed by atoms with Crippen LogP contribution in [0.15, 0.2) is 89.8 Å². The van der Waals surface area contributed by atoms with Crippen molar-refractivity contribution in [3.63, 3.8) is 0 Å². The summed E-state index contributed by atoms with van der Waals surface area (Å²) >= 11 is 0. The Bertz CT molecular complexity index is 1460. The first-order valence-electron chi connectivity index (χ1n) is 11.3. The lowest BCUT2D eigenvalue weighted by Gasteiger charge is -2.21. The van der Waals surface area contributed by atoms with Gasteiger partial charge >= 0.3 is 0 Å². The van der Waals surface area contributed by atoms with Gasteiger partial charge < -0.3 is 4.57 Å². The summed E-state index contributed by atoms with van der Waals surface area (Å²) in [7, 11) is -3.56. The zero-order chi connectivity index (χ0) is 23.2. The highest BCUT2D eigenvalue weighted by Crippen LogP contribution is 2.45. The van der Waals surface area contributed by atoms with Crippen LogP contribution in [0, 0.1) is 6.92 Å². The third-order valence-corrected chi connectivity index (χ3v) is 7.87. The Morgan fingerprint density at radius 1 is 0.879 bits per heavy atom. The van der Waals surface area contributed by atoms with E-state index in [-0.39, 0.29) is 5.54 Å². The number of aromatic nitrogens is 1. The molecule has 5 heteroatoms. The number of para-hydroxylation sites is 1. The van der Waals surface area contributed by atoms with E-state index >= 15 is 0 Å². The van der Waals surface area contributed by atoms with E-state index in [9.17, 15) is 8.42 Å². The number of allylic oxidation sites excluding steroid dienone is 1. The summed E-state index contributed by atoms with van der Waals surface area (Å²) in [6.07, 6.45) is 2.93. The summed E-state index contributed by atoms with van der Waals surface area (Å²) < 4.78 is 30.9. The van der Waals surface area contributed by atoms with Crippen LogP contribution in [0.3, 0.4) is 0 Å². The van der Waals surface area contributed by atoms with E-state index < -0.39 is 10.0 Å². The van der Waals surface area contributed by atoms with Gasteiger partial charge in [0.15, 0.2) is 0 Å². The Balaban J connectivity index is 1.53. The molecule has 33 heavy (non-hydrogen) atoms. The zero-order valence-electron chi connectivity index (χ0n) is 19.2. The average Bonchev–Trinajstić information content (AvgIpc) is 3.28. The molecule has 0 aliphatic carbocycles. The SMILES string of the molecule is Cc1ccc(S(=O)(=O)NCCc2c3n(c4ccccc24)C(C)(C)C=C3c2ccccc2)cc1. The van der Waals surface area contributed by atoms with Gasteiger partial charge in [0.25, 0.3) is 0 Å². The molecule has 4 aromatic rings. The number of hydrogen-bond donors (Lipinski definition) is 1. The number of sulfonamides is 1. The van der Waals surface area contributed by atoms with Crippen molar-refractivity contribution in [3.05, 3.63) is 107 Å². The monoisotopic (exact) mass is 456 g/mol. The molecule has 0 saturated heterocycles. The molecule has 0 amide bonds. The van der Waals surface area contributed by atoms with Gasteiger partial charge in [-0.2, -0.15) is 0 Å². The van der Waals surface area contributed by atoms with E-state index in [4.69, 9.17) is 0 Å². The van der Waals surface area contributed by atoms with Gasteiger partial charge in [-0.1, -0.05) is 66.2 Å². The van der Waals surface area contributed by atoms with Crippen molar-refractivity contribution >= 4 is 26.5 Å². The first-order chi connectivity index (χ1) is 15.8. The van der Waals surface area contributed by atoms with Crippen LogP contribution in [0.4, 0.5) is 0 Å². The Morgan fingerprint density at radius 2 is 1.55 bits per heavy atom. The molecular weight excluding hydrogens is 428 g/mol. The van der Waals surface area contributed by atoms with Crippen molar-refractivity contribution in [3.8, 4) is 0 Å². The first kappa shape index (κ1) is 21.7. The molecule has 0 spiro atoms. The van der Waals surface area contributed by atoms with Crippen LogP contribution in [0.25, 0.3) is 16.5 Å². The molecule has 5 rings (SSSR count). The lowest BCUT2D eigenvalue weighted by molar-refractivity contribution is 0.483. The molecule has 2 heterocycles. The summed E-state index contributed by atoms with van der Waals surface area (Å²) in [6.45, 7) is 6.73. The number of aryl methyl sites for hydroxylation is 1. The number of nitrogens with one attached hydrogen (secondary N) is 1. The Hall–Kier alpha value is -3.15. The Kier molecular flexibility index (Phi) is 5.26. The quantitative estimate of drug-likeness (QED) is 0.408. The van der Waals surface area contributed by atoms with Gasteiger partial charge in [-0.25, -0.2) is 13.1 Å². The first-order valence-corrected chi connectivity index (χ1v) is 12.7. The third-order valence-electron chi connectivity index (χ3n) is 6.39. The molecule has 1 aliphatic rings. The summed E-state index contributed by atoms with van der Waals surface area (Å²) in [6, 6.07) is 25.8. The van der Waals surface area contributed by atoms with Crippen LogP contribution in [-0.2, 0) is 22.0 Å². The Labute approximate surface area is 195 Å². The molecule has 1 aromatic heterocycles. The van der Waals surface area contributed by atoms with Crippen molar-refractivity contribution < 1.29 is 8.42 Å². The predicted molar refractivity (Wildman–Crippen MR) is 135 cm³/mol. The molecule has 0 saturated carbocycles. The van der Waals surface area contributed by atoms with Crippen LogP contribution in [0.5, 0.6) is 0 Å². The van der Waals surface area contributed by atoms with Crippen molar-refractivity contribution in [2.24, 2.45) is 0 Å². The summed E-state index contributed by atoms with van der Waals surface area (Å²) in [5, 5.41) is 1.18. The largest absolute Gasteiger partial charge is 0.331 e. The van der Waals surface area contributed by atoms with Crippen LogP contribution in [0.2, 0.25) is 0 Å². The smallest absolute Gasteiger partial charge is 0.240 e. The molecule has 0 bridgehead atoms. The number of hydrogen-bond acceptors (Lipinski definition) is 2. The molecule has 3 aromatic carbocycles. The van der Waals surface area contributed by atoms with E-state index in [1.54, 1.807) is 12.1 Å². The van der Waals surface area contributed by atoms with Crippen LogP contribution in [-0.4, -0.2) is 19.5 Å². The molecule has 0 fully saturated rings. The fourth-order valence-electron chi connectivity index (χ4n) is 4.88. The third kappa shape index (κ3) is 3.81. The maximum atomic E-state index is 12.8. The standard InChI is InChI=1S/C28H28N2O2S/c1-20-13-15-22(16-14-20)33(31,32)29-18-17-24-23-11-7-8-12-26(23)30-27(24)25(19-28(30,2)3)21-9-5-4-6-10-21/h4-16,19,29H,17-18H2,1-3H3. The number of benzene rings is 3. The van der Waals surface area contributed by atoms with Gasteiger partial charge in [0.2, 0.25) is 10.0 Å². The molecule has 1 N–H and O–H groups in total. The molecular formula is C28H28N2O2S. The number of rotatable bonds is 6. The van der Waals surface area contributed by atoms with Crippen molar-refractivity contribution in [2.75, 3.05) is 6.54 Å². The fourth-order valence-corrected chi connectivity index (χ4v) is 5.91. The van der Waals surface area contributed by atoms with E-state index in [0.717, 1.165) is 5.56 Å². The summed E-state index contributed by atoms with van der Waals surface area (Å²) in [5.74, 6) is 0. The maximum absolute atomic E-state index is 12.8. The normalized spacial score (nSPS) is 14.9. The van der Waals surface area contributed by atoms with Crippen molar-refractivity contribution in [2.45, 2.75) is 37.6 Å².